The Morgan fingerprint density at radius 3 is 3.06 bits per heavy atom. The van der Waals surface area contributed by atoms with Crippen LogP contribution in [0.2, 0.25) is 0 Å². The van der Waals surface area contributed by atoms with Gasteiger partial charge in [-0.1, -0.05) is 0 Å². The maximum Gasteiger partial charge on any atom is 0.129 e. The van der Waals surface area contributed by atoms with Gasteiger partial charge in [0.15, 0.2) is 0 Å². The smallest absolute Gasteiger partial charge is 0.129 e. The van der Waals surface area contributed by atoms with Crippen LogP contribution in [-0.4, -0.2) is 9.78 Å². The molecule has 1 aromatic heterocycles. The molecule has 1 aromatic carbocycles. The van der Waals surface area contributed by atoms with Gasteiger partial charge in [0.2, 0.25) is 0 Å². The molecule has 2 aromatic rings. The van der Waals surface area contributed by atoms with E-state index in [2.05, 4.69) is 5.10 Å². The van der Waals surface area contributed by atoms with Crippen LogP contribution in [-0.2, 0) is 7.05 Å². The second-order valence-corrected chi connectivity index (χ2v) is 4.58. The monoisotopic (exact) mass is 247 g/mol. The molecule has 3 rings (SSSR count). The normalized spacial score (nSPS) is 22.4. The second kappa shape index (κ2) is 4.10. The number of hydrogen-bond donors (Lipinski definition) is 1. The quantitative estimate of drug-likeness (QED) is 0.839. The zero-order valence-corrected chi connectivity index (χ0v) is 10.0. The molecule has 0 saturated carbocycles. The Kier molecular flexibility index (Phi) is 2.56. The molecule has 1 unspecified atom stereocenters. The van der Waals surface area contributed by atoms with Crippen LogP contribution < -0.4 is 10.5 Å². The summed E-state index contributed by atoms with van der Waals surface area (Å²) in [6, 6.07) is 4.25. The first-order valence-electron chi connectivity index (χ1n) is 5.83. The number of aryl methyl sites for hydroxylation is 1. The van der Waals surface area contributed by atoms with Gasteiger partial charge in [0.25, 0.3) is 0 Å². The van der Waals surface area contributed by atoms with Crippen molar-refractivity contribution in [2.24, 2.45) is 12.8 Å². The standard InChI is InChI=1S/C13H14FN3O/c1-17-7-8(6-16-17)13-5-11(15)10-4-9(14)2-3-12(10)18-13/h2-4,6-7,11,13H,5,15H2,1H3/t11-,13?/m0/s1. The number of benzene rings is 1. The van der Waals surface area contributed by atoms with E-state index >= 15 is 0 Å². The maximum atomic E-state index is 13.2. The molecule has 18 heavy (non-hydrogen) atoms. The van der Waals surface area contributed by atoms with E-state index in [9.17, 15) is 4.39 Å². The summed E-state index contributed by atoms with van der Waals surface area (Å²) < 4.78 is 20.8. The Morgan fingerprint density at radius 2 is 2.33 bits per heavy atom. The average molecular weight is 247 g/mol. The van der Waals surface area contributed by atoms with Gasteiger partial charge in [-0.15, -0.1) is 0 Å². The minimum absolute atomic E-state index is 0.119. The van der Waals surface area contributed by atoms with Gasteiger partial charge in [0.05, 0.1) is 6.20 Å². The number of rotatable bonds is 1. The van der Waals surface area contributed by atoms with Gasteiger partial charge in [-0.25, -0.2) is 4.39 Å². The molecule has 2 heterocycles. The van der Waals surface area contributed by atoms with E-state index in [4.69, 9.17) is 10.5 Å². The SMILES string of the molecule is Cn1cc(C2C[C@H](N)c3cc(F)ccc3O2)cn1. The van der Waals surface area contributed by atoms with E-state index in [0.29, 0.717) is 12.2 Å². The highest BCUT2D eigenvalue weighted by Gasteiger charge is 2.28. The van der Waals surface area contributed by atoms with Crippen molar-refractivity contribution in [3.05, 3.63) is 47.5 Å². The number of hydrogen-bond acceptors (Lipinski definition) is 3. The maximum absolute atomic E-state index is 13.2. The average Bonchev–Trinajstić information content (AvgIpc) is 2.77. The topological polar surface area (TPSA) is 53.1 Å². The first-order chi connectivity index (χ1) is 8.63. The van der Waals surface area contributed by atoms with Crippen molar-refractivity contribution in [1.29, 1.82) is 0 Å². The number of ether oxygens (including phenoxy) is 1. The zero-order chi connectivity index (χ0) is 12.7. The minimum atomic E-state index is -0.285. The fraction of sp³-hybridized carbons (Fsp3) is 0.308. The van der Waals surface area contributed by atoms with E-state index in [1.54, 1.807) is 16.9 Å². The van der Waals surface area contributed by atoms with Gasteiger partial charge < -0.3 is 10.5 Å². The molecule has 94 valence electrons. The Balaban J connectivity index is 1.94. The lowest BCUT2D eigenvalue weighted by molar-refractivity contribution is 0.161. The summed E-state index contributed by atoms with van der Waals surface area (Å²) >= 11 is 0. The van der Waals surface area contributed by atoms with Gasteiger partial charge in [-0.2, -0.15) is 5.10 Å². The molecule has 0 aliphatic carbocycles. The Hall–Kier alpha value is -1.88. The summed E-state index contributed by atoms with van der Waals surface area (Å²) in [5.74, 6) is 0.372. The fourth-order valence-electron chi connectivity index (χ4n) is 2.29. The molecule has 2 N–H and O–H groups in total. The lowest BCUT2D eigenvalue weighted by Crippen LogP contribution is -2.24. The second-order valence-electron chi connectivity index (χ2n) is 4.58. The number of fused-ring (bicyclic) bond motifs is 1. The van der Waals surface area contributed by atoms with Crippen molar-refractivity contribution >= 4 is 0 Å². The molecular formula is C13H14FN3O. The highest BCUT2D eigenvalue weighted by Crippen LogP contribution is 2.39. The molecule has 0 saturated heterocycles. The van der Waals surface area contributed by atoms with E-state index in [1.807, 2.05) is 13.2 Å². The Morgan fingerprint density at radius 1 is 1.50 bits per heavy atom. The van der Waals surface area contributed by atoms with Gasteiger partial charge >= 0.3 is 0 Å². The molecule has 0 fully saturated rings. The van der Waals surface area contributed by atoms with Gasteiger partial charge in [0.1, 0.15) is 17.7 Å². The lowest BCUT2D eigenvalue weighted by Gasteiger charge is -2.29. The Bertz CT molecular complexity index is 581. The van der Waals surface area contributed by atoms with Crippen LogP contribution in [0.15, 0.2) is 30.6 Å². The lowest BCUT2D eigenvalue weighted by atomic mass is 9.95. The van der Waals surface area contributed by atoms with Crippen LogP contribution in [0.5, 0.6) is 5.75 Å². The van der Waals surface area contributed by atoms with E-state index in [0.717, 1.165) is 11.1 Å². The van der Waals surface area contributed by atoms with Crippen molar-refractivity contribution in [2.45, 2.75) is 18.6 Å². The van der Waals surface area contributed by atoms with Crippen molar-refractivity contribution in [3.63, 3.8) is 0 Å². The number of nitrogens with zero attached hydrogens (tertiary/aromatic N) is 2. The fourth-order valence-corrected chi connectivity index (χ4v) is 2.29. The Labute approximate surface area is 104 Å². The third-order valence-corrected chi connectivity index (χ3v) is 3.21. The van der Waals surface area contributed by atoms with Gasteiger partial charge in [-0.05, 0) is 18.2 Å². The van der Waals surface area contributed by atoms with Crippen LogP contribution in [0.3, 0.4) is 0 Å². The molecule has 4 nitrogen and oxygen atoms in total. The highest BCUT2D eigenvalue weighted by atomic mass is 19.1. The van der Waals surface area contributed by atoms with Crippen molar-refractivity contribution < 1.29 is 9.13 Å². The summed E-state index contributed by atoms with van der Waals surface area (Å²) in [5, 5.41) is 4.12. The van der Waals surface area contributed by atoms with Crippen molar-refractivity contribution in [3.8, 4) is 5.75 Å². The predicted octanol–water partition coefficient (Wildman–Crippen LogP) is 2.08. The first-order valence-corrected chi connectivity index (χ1v) is 5.83. The summed E-state index contributed by atoms with van der Waals surface area (Å²) in [6.45, 7) is 0. The van der Waals surface area contributed by atoms with Crippen LogP contribution in [0.4, 0.5) is 4.39 Å². The number of halogens is 1. The summed E-state index contributed by atoms with van der Waals surface area (Å²) in [7, 11) is 1.86. The van der Waals surface area contributed by atoms with Crippen molar-refractivity contribution in [2.75, 3.05) is 0 Å². The number of nitrogens with two attached hydrogens (primary N) is 1. The molecule has 0 spiro atoms. The van der Waals surface area contributed by atoms with Crippen LogP contribution in [0, 0.1) is 5.82 Å². The van der Waals surface area contributed by atoms with E-state index in [-0.39, 0.29) is 18.0 Å². The predicted molar refractivity (Wildman–Crippen MR) is 64.5 cm³/mol. The van der Waals surface area contributed by atoms with Crippen LogP contribution >= 0.6 is 0 Å². The molecule has 0 bridgehead atoms. The van der Waals surface area contributed by atoms with Gasteiger partial charge in [0, 0.05) is 36.8 Å². The molecule has 1 aliphatic rings. The largest absolute Gasteiger partial charge is 0.485 e. The molecule has 0 radical (unpaired) electrons. The molecular weight excluding hydrogens is 233 g/mol. The molecule has 5 heteroatoms. The van der Waals surface area contributed by atoms with Crippen molar-refractivity contribution in [1.82, 2.24) is 9.78 Å². The first kappa shape index (κ1) is 11.2. The van der Waals surface area contributed by atoms with E-state index < -0.39 is 0 Å². The van der Waals surface area contributed by atoms with E-state index in [1.165, 1.54) is 12.1 Å². The third-order valence-electron chi connectivity index (χ3n) is 3.21. The van der Waals surface area contributed by atoms with Crippen LogP contribution in [0.1, 0.15) is 29.7 Å². The summed E-state index contributed by atoms with van der Waals surface area (Å²) in [6.07, 6.45) is 4.19. The third kappa shape index (κ3) is 1.86. The minimum Gasteiger partial charge on any atom is -0.485 e. The molecule has 1 aliphatic heterocycles. The molecule has 0 amide bonds. The van der Waals surface area contributed by atoms with Gasteiger partial charge in [-0.3, -0.25) is 4.68 Å². The number of aromatic nitrogens is 2. The summed E-state index contributed by atoms with van der Waals surface area (Å²) in [4.78, 5) is 0. The highest BCUT2D eigenvalue weighted by molar-refractivity contribution is 5.39. The zero-order valence-electron chi connectivity index (χ0n) is 10.0. The molecule has 2 atom stereocenters. The van der Waals surface area contributed by atoms with Crippen LogP contribution in [0.25, 0.3) is 0 Å². The summed E-state index contributed by atoms with van der Waals surface area (Å²) in [5.41, 5.74) is 7.80.